The lowest BCUT2D eigenvalue weighted by atomic mass is 10.1. The van der Waals surface area contributed by atoms with Crippen molar-refractivity contribution >= 4 is 22.6 Å². The Hall–Kier alpha value is -3.59. The maximum atomic E-state index is 12.4. The average Bonchev–Trinajstić information content (AvgIpc) is 3.13. The van der Waals surface area contributed by atoms with Crippen LogP contribution >= 0.6 is 0 Å². The second-order valence-electron chi connectivity index (χ2n) is 6.67. The fraction of sp³-hybridized carbons (Fsp3) is 0.0800. The van der Waals surface area contributed by atoms with Gasteiger partial charge >= 0.3 is 5.97 Å². The van der Waals surface area contributed by atoms with Gasteiger partial charge in [-0.25, -0.2) is 4.79 Å². The summed E-state index contributed by atoms with van der Waals surface area (Å²) in [5.74, 6) is -0.349. The van der Waals surface area contributed by atoms with Crippen molar-refractivity contribution in [2.24, 2.45) is 0 Å². The van der Waals surface area contributed by atoms with Crippen LogP contribution in [0.3, 0.4) is 0 Å². The van der Waals surface area contributed by atoms with Gasteiger partial charge in [0, 0.05) is 17.2 Å². The molecular weight excluding hydrogens is 346 g/mol. The Morgan fingerprint density at radius 3 is 2.29 bits per heavy atom. The van der Waals surface area contributed by atoms with Crippen LogP contribution in [0.1, 0.15) is 12.5 Å². The largest absolute Gasteiger partial charge is 0.458 e. The van der Waals surface area contributed by atoms with Gasteiger partial charge in [-0.05, 0) is 30.2 Å². The van der Waals surface area contributed by atoms with E-state index in [0.717, 1.165) is 33.4 Å². The number of ether oxygens (including phenoxy) is 1. The van der Waals surface area contributed by atoms with Gasteiger partial charge < -0.3 is 9.30 Å². The first kappa shape index (κ1) is 17.8. The van der Waals surface area contributed by atoms with Crippen molar-refractivity contribution in [1.82, 2.24) is 4.57 Å². The second-order valence-corrected chi connectivity index (χ2v) is 6.67. The standard InChI is InChI=1S/C25H21NO2/c1-19(16-25(27)28-18-20-10-4-2-5-11-20)26-23-15-9-8-14-22(23)17-24(26)21-12-6-3-7-13-21/h2-17H,18H2,1H3/b19-16-. The predicted molar refractivity (Wildman–Crippen MR) is 114 cm³/mol. The smallest absolute Gasteiger partial charge is 0.332 e. The van der Waals surface area contributed by atoms with Crippen molar-refractivity contribution in [1.29, 1.82) is 0 Å². The van der Waals surface area contributed by atoms with Gasteiger partial charge in [0.05, 0.1) is 11.2 Å². The van der Waals surface area contributed by atoms with Gasteiger partial charge in [0.2, 0.25) is 0 Å². The molecule has 0 saturated heterocycles. The third-order valence-electron chi connectivity index (χ3n) is 4.68. The lowest BCUT2D eigenvalue weighted by molar-refractivity contribution is -0.138. The Morgan fingerprint density at radius 1 is 0.893 bits per heavy atom. The number of aromatic nitrogens is 1. The van der Waals surface area contributed by atoms with Gasteiger partial charge in [0.1, 0.15) is 6.61 Å². The van der Waals surface area contributed by atoms with Crippen molar-refractivity contribution in [3.63, 3.8) is 0 Å². The van der Waals surface area contributed by atoms with Gasteiger partial charge in [-0.15, -0.1) is 0 Å². The molecule has 3 aromatic carbocycles. The molecule has 3 heteroatoms. The summed E-state index contributed by atoms with van der Waals surface area (Å²) < 4.78 is 7.53. The highest BCUT2D eigenvalue weighted by atomic mass is 16.5. The summed E-state index contributed by atoms with van der Waals surface area (Å²) in [4.78, 5) is 12.4. The van der Waals surface area contributed by atoms with E-state index in [1.165, 1.54) is 0 Å². The first-order chi connectivity index (χ1) is 13.7. The Labute approximate surface area is 164 Å². The van der Waals surface area contributed by atoms with E-state index in [1.807, 2.05) is 67.6 Å². The first-order valence-electron chi connectivity index (χ1n) is 9.27. The molecule has 138 valence electrons. The van der Waals surface area contributed by atoms with E-state index in [1.54, 1.807) is 6.08 Å². The van der Waals surface area contributed by atoms with Gasteiger partial charge in [-0.3, -0.25) is 0 Å². The molecule has 1 aromatic heterocycles. The lowest BCUT2D eigenvalue weighted by Crippen LogP contribution is -2.04. The minimum atomic E-state index is -0.349. The van der Waals surface area contributed by atoms with Crippen LogP contribution < -0.4 is 0 Å². The van der Waals surface area contributed by atoms with E-state index < -0.39 is 0 Å². The Morgan fingerprint density at radius 2 is 1.54 bits per heavy atom. The number of hydrogen-bond donors (Lipinski definition) is 0. The molecule has 0 aliphatic carbocycles. The van der Waals surface area contributed by atoms with E-state index in [-0.39, 0.29) is 12.6 Å². The number of esters is 1. The number of nitrogens with zero attached hydrogens (tertiary/aromatic N) is 1. The van der Waals surface area contributed by atoms with Crippen LogP contribution in [0.15, 0.2) is 97.1 Å². The molecule has 0 unspecified atom stereocenters. The number of carbonyl (C=O) groups is 1. The first-order valence-corrected chi connectivity index (χ1v) is 9.27. The van der Waals surface area contributed by atoms with Gasteiger partial charge in [0.25, 0.3) is 0 Å². The van der Waals surface area contributed by atoms with Crippen LogP contribution in [0.25, 0.3) is 27.9 Å². The van der Waals surface area contributed by atoms with Crippen molar-refractivity contribution in [2.75, 3.05) is 0 Å². The summed E-state index contributed by atoms with van der Waals surface area (Å²) >= 11 is 0. The Kier molecular flexibility index (Phi) is 5.07. The van der Waals surface area contributed by atoms with Gasteiger partial charge in [0.15, 0.2) is 0 Å². The Bertz CT molecular complexity index is 1130. The summed E-state index contributed by atoms with van der Waals surface area (Å²) in [5.41, 5.74) is 5.00. The molecule has 4 rings (SSSR count). The third-order valence-corrected chi connectivity index (χ3v) is 4.68. The fourth-order valence-corrected chi connectivity index (χ4v) is 3.36. The molecular formula is C25H21NO2. The number of fused-ring (bicyclic) bond motifs is 1. The predicted octanol–water partition coefficient (Wildman–Crippen LogP) is 5.91. The van der Waals surface area contributed by atoms with E-state index in [4.69, 9.17) is 4.74 Å². The molecule has 1 heterocycles. The SMILES string of the molecule is C/C(=C/C(=O)OCc1ccccc1)n1c(-c2ccccc2)cc2ccccc21. The van der Waals surface area contributed by atoms with Crippen LogP contribution in [0.2, 0.25) is 0 Å². The highest BCUT2D eigenvalue weighted by Crippen LogP contribution is 2.31. The van der Waals surface area contributed by atoms with E-state index in [2.05, 4.69) is 34.9 Å². The quantitative estimate of drug-likeness (QED) is 0.324. The van der Waals surface area contributed by atoms with Crippen LogP contribution in [0, 0.1) is 0 Å². The molecule has 0 radical (unpaired) electrons. The highest BCUT2D eigenvalue weighted by molar-refractivity contribution is 5.94. The van der Waals surface area contributed by atoms with Crippen LogP contribution in [-0.4, -0.2) is 10.5 Å². The summed E-state index contributed by atoms with van der Waals surface area (Å²) in [6, 6.07) is 30.2. The molecule has 0 N–H and O–H groups in total. The van der Waals surface area contributed by atoms with Crippen LogP contribution in [-0.2, 0) is 16.1 Å². The van der Waals surface area contributed by atoms with E-state index in [0.29, 0.717) is 0 Å². The second kappa shape index (κ2) is 7.97. The molecule has 0 aliphatic rings. The zero-order chi connectivity index (χ0) is 19.3. The number of para-hydroxylation sites is 1. The topological polar surface area (TPSA) is 31.2 Å². The average molecular weight is 367 g/mol. The van der Waals surface area contributed by atoms with Gasteiger partial charge in [-0.2, -0.15) is 0 Å². The van der Waals surface area contributed by atoms with E-state index in [9.17, 15) is 4.79 Å². The molecule has 0 aliphatic heterocycles. The van der Waals surface area contributed by atoms with E-state index >= 15 is 0 Å². The normalized spacial score (nSPS) is 11.5. The molecule has 0 bridgehead atoms. The number of benzene rings is 3. The maximum Gasteiger partial charge on any atom is 0.332 e. The molecule has 28 heavy (non-hydrogen) atoms. The van der Waals surface area contributed by atoms with Crippen molar-refractivity contribution in [3.05, 3.63) is 103 Å². The third kappa shape index (κ3) is 3.74. The minimum absolute atomic E-state index is 0.265. The molecule has 3 nitrogen and oxygen atoms in total. The number of hydrogen-bond acceptors (Lipinski definition) is 2. The molecule has 4 aromatic rings. The van der Waals surface area contributed by atoms with Crippen molar-refractivity contribution in [2.45, 2.75) is 13.5 Å². The molecule has 0 atom stereocenters. The van der Waals surface area contributed by atoms with Crippen LogP contribution in [0.5, 0.6) is 0 Å². The molecule has 0 spiro atoms. The summed E-state index contributed by atoms with van der Waals surface area (Å²) in [6.45, 7) is 2.20. The zero-order valence-corrected chi connectivity index (χ0v) is 15.7. The van der Waals surface area contributed by atoms with Crippen molar-refractivity contribution < 1.29 is 9.53 Å². The highest BCUT2D eigenvalue weighted by Gasteiger charge is 2.13. The summed E-state index contributed by atoms with van der Waals surface area (Å²) in [5, 5.41) is 1.13. The number of rotatable bonds is 5. The summed E-state index contributed by atoms with van der Waals surface area (Å²) in [6.07, 6.45) is 1.56. The lowest BCUT2D eigenvalue weighted by Gasteiger charge is -2.12. The zero-order valence-electron chi connectivity index (χ0n) is 15.7. The minimum Gasteiger partial charge on any atom is -0.458 e. The molecule has 0 amide bonds. The number of allylic oxidation sites excluding steroid dienone is 1. The van der Waals surface area contributed by atoms with Crippen molar-refractivity contribution in [3.8, 4) is 11.3 Å². The Balaban J connectivity index is 1.67. The van der Waals surface area contributed by atoms with Crippen LogP contribution in [0.4, 0.5) is 0 Å². The molecule has 0 fully saturated rings. The number of carbonyl (C=O) groups excluding carboxylic acids is 1. The monoisotopic (exact) mass is 367 g/mol. The van der Waals surface area contributed by atoms with Gasteiger partial charge in [-0.1, -0.05) is 78.9 Å². The summed E-state index contributed by atoms with van der Waals surface area (Å²) in [7, 11) is 0. The molecule has 0 saturated carbocycles. The maximum absolute atomic E-state index is 12.4. The fourth-order valence-electron chi connectivity index (χ4n) is 3.36.